The van der Waals surface area contributed by atoms with Gasteiger partial charge in [-0.1, -0.05) is 54.1 Å². The third kappa shape index (κ3) is 5.32. The van der Waals surface area contributed by atoms with Gasteiger partial charge in [-0.2, -0.15) is 0 Å². The van der Waals surface area contributed by atoms with Gasteiger partial charge in [0.1, 0.15) is 6.04 Å². The molecule has 3 rings (SSSR count). The molecule has 2 aromatic carbocycles. The number of carbonyl (C=O) groups is 1. The molecule has 1 saturated heterocycles. The molecule has 1 aliphatic heterocycles. The van der Waals surface area contributed by atoms with Gasteiger partial charge in [0.15, 0.2) is 0 Å². The molecule has 1 atom stereocenters. The first-order valence-corrected chi connectivity index (χ1v) is 9.89. The zero-order chi connectivity index (χ0) is 19.2. The van der Waals surface area contributed by atoms with Gasteiger partial charge in [-0.15, -0.1) is 0 Å². The minimum absolute atomic E-state index is 0.195. The maximum Gasteiger partial charge on any atom is 0.244 e. The van der Waals surface area contributed by atoms with E-state index in [1.54, 1.807) is 0 Å². The van der Waals surface area contributed by atoms with E-state index in [1.165, 1.54) is 5.56 Å². The topological polar surface area (TPSA) is 26.8 Å². The van der Waals surface area contributed by atoms with Crippen molar-refractivity contribution in [3.8, 4) is 0 Å². The van der Waals surface area contributed by atoms with Gasteiger partial charge in [0.25, 0.3) is 0 Å². The Morgan fingerprint density at radius 1 is 1.04 bits per heavy atom. The summed E-state index contributed by atoms with van der Waals surface area (Å²) in [5.41, 5.74) is 2.31. The molecule has 144 valence electrons. The Morgan fingerprint density at radius 3 is 2.37 bits per heavy atom. The Bertz CT molecular complexity index is 742. The largest absolute Gasteiger partial charge is 0.338 e. The van der Waals surface area contributed by atoms with Gasteiger partial charge >= 0.3 is 0 Å². The van der Waals surface area contributed by atoms with Crippen LogP contribution in [0, 0.1) is 0 Å². The maximum atomic E-state index is 13.1. The SMILES string of the molecule is CN(C)C(C(=O)N1CCN(CCc2cccc(Cl)c2)CC1)c1ccccc1. The van der Waals surface area contributed by atoms with Gasteiger partial charge in [0.05, 0.1) is 0 Å². The fraction of sp³-hybridized carbons (Fsp3) is 0.409. The quantitative estimate of drug-likeness (QED) is 0.763. The highest BCUT2D eigenvalue weighted by Crippen LogP contribution is 2.21. The number of hydrogen-bond acceptors (Lipinski definition) is 3. The van der Waals surface area contributed by atoms with E-state index in [0.717, 1.165) is 49.7 Å². The third-order valence-electron chi connectivity index (χ3n) is 5.16. The Labute approximate surface area is 167 Å². The molecule has 1 fully saturated rings. The third-order valence-corrected chi connectivity index (χ3v) is 5.39. The van der Waals surface area contributed by atoms with Crippen molar-refractivity contribution in [1.82, 2.24) is 14.7 Å². The highest BCUT2D eigenvalue weighted by atomic mass is 35.5. The molecule has 5 heteroatoms. The molecule has 1 heterocycles. The van der Waals surface area contributed by atoms with Crippen molar-refractivity contribution in [3.05, 3.63) is 70.7 Å². The van der Waals surface area contributed by atoms with Gasteiger partial charge in [-0.3, -0.25) is 14.6 Å². The Hall–Kier alpha value is -1.88. The zero-order valence-corrected chi connectivity index (χ0v) is 16.9. The Morgan fingerprint density at radius 2 is 1.74 bits per heavy atom. The Balaban J connectivity index is 1.54. The molecule has 0 aliphatic carbocycles. The summed E-state index contributed by atoms with van der Waals surface area (Å²) in [5.74, 6) is 0.195. The summed E-state index contributed by atoms with van der Waals surface area (Å²) >= 11 is 6.06. The first-order valence-electron chi connectivity index (χ1n) is 9.51. The van der Waals surface area contributed by atoms with E-state index in [9.17, 15) is 4.79 Å². The van der Waals surface area contributed by atoms with Crippen molar-refractivity contribution >= 4 is 17.5 Å². The Kier molecular flexibility index (Phi) is 6.89. The van der Waals surface area contributed by atoms with Crippen molar-refractivity contribution in [1.29, 1.82) is 0 Å². The van der Waals surface area contributed by atoms with Crippen LogP contribution in [0.25, 0.3) is 0 Å². The minimum Gasteiger partial charge on any atom is -0.338 e. The number of hydrogen-bond donors (Lipinski definition) is 0. The average molecular weight is 386 g/mol. The molecule has 0 spiro atoms. The predicted molar refractivity (Wildman–Crippen MR) is 111 cm³/mol. The monoisotopic (exact) mass is 385 g/mol. The van der Waals surface area contributed by atoms with Crippen LogP contribution in [0.1, 0.15) is 17.2 Å². The second-order valence-corrected chi connectivity index (χ2v) is 7.76. The number of likely N-dealkylation sites (N-methyl/N-ethyl adjacent to an activating group) is 1. The smallest absolute Gasteiger partial charge is 0.244 e. The number of carbonyl (C=O) groups excluding carboxylic acids is 1. The molecule has 0 bridgehead atoms. The van der Waals surface area contributed by atoms with Crippen LogP contribution in [0.15, 0.2) is 54.6 Å². The van der Waals surface area contributed by atoms with Gasteiger partial charge in [0.2, 0.25) is 5.91 Å². The molecule has 27 heavy (non-hydrogen) atoms. The van der Waals surface area contributed by atoms with E-state index in [2.05, 4.69) is 11.0 Å². The first-order chi connectivity index (χ1) is 13.0. The summed E-state index contributed by atoms with van der Waals surface area (Å²) < 4.78 is 0. The van der Waals surface area contributed by atoms with E-state index < -0.39 is 0 Å². The summed E-state index contributed by atoms with van der Waals surface area (Å²) in [6.45, 7) is 4.40. The van der Waals surface area contributed by atoms with E-state index in [-0.39, 0.29) is 11.9 Å². The molecular formula is C22H28ClN3O. The molecule has 1 aliphatic rings. The molecule has 0 aromatic heterocycles. The lowest BCUT2D eigenvalue weighted by Gasteiger charge is -2.37. The van der Waals surface area contributed by atoms with Gasteiger partial charge in [-0.05, 0) is 43.8 Å². The van der Waals surface area contributed by atoms with Crippen LogP contribution in [-0.2, 0) is 11.2 Å². The molecule has 1 unspecified atom stereocenters. The molecule has 4 nitrogen and oxygen atoms in total. The van der Waals surface area contributed by atoms with Crippen molar-refractivity contribution in [3.63, 3.8) is 0 Å². The fourth-order valence-electron chi connectivity index (χ4n) is 3.64. The van der Waals surface area contributed by atoms with Crippen molar-refractivity contribution < 1.29 is 4.79 Å². The highest BCUT2D eigenvalue weighted by molar-refractivity contribution is 6.30. The number of amides is 1. The highest BCUT2D eigenvalue weighted by Gasteiger charge is 2.29. The average Bonchev–Trinajstić information content (AvgIpc) is 2.67. The lowest BCUT2D eigenvalue weighted by atomic mass is 10.0. The molecule has 0 radical (unpaired) electrons. The van der Waals surface area contributed by atoms with Crippen LogP contribution in [0.2, 0.25) is 5.02 Å². The minimum atomic E-state index is -0.218. The number of benzene rings is 2. The summed E-state index contributed by atoms with van der Waals surface area (Å²) in [4.78, 5) is 19.6. The van der Waals surface area contributed by atoms with Crippen LogP contribution in [0.5, 0.6) is 0 Å². The molecule has 0 saturated carbocycles. The predicted octanol–water partition coefficient (Wildman–Crippen LogP) is 3.33. The van der Waals surface area contributed by atoms with Gasteiger partial charge in [0, 0.05) is 37.7 Å². The van der Waals surface area contributed by atoms with Crippen molar-refractivity contribution in [2.24, 2.45) is 0 Å². The van der Waals surface area contributed by atoms with Crippen LogP contribution in [0.3, 0.4) is 0 Å². The van der Waals surface area contributed by atoms with E-state index in [1.807, 2.05) is 72.4 Å². The summed E-state index contributed by atoms with van der Waals surface area (Å²) in [6, 6.07) is 17.9. The van der Waals surface area contributed by atoms with E-state index in [0.29, 0.717) is 0 Å². The molecule has 0 N–H and O–H groups in total. The molecule has 2 aromatic rings. The molecule has 1 amide bonds. The van der Waals surface area contributed by atoms with Gasteiger partial charge < -0.3 is 4.90 Å². The van der Waals surface area contributed by atoms with Crippen LogP contribution in [-0.4, -0.2) is 67.4 Å². The van der Waals surface area contributed by atoms with E-state index in [4.69, 9.17) is 11.6 Å². The van der Waals surface area contributed by atoms with Crippen LogP contribution in [0.4, 0.5) is 0 Å². The second kappa shape index (κ2) is 9.36. The maximum absolute atomic E-state index is 13.1. The lowest BCUT2D eigenvalue weighted by Crippen LogP contribution is -2.51. The van der Waals surface area contributed by atoms with Crippen molar-refractivity contribution in [2.45, 2.75) is 12.5 Å². The van der Waals surface area contributed by atoms with Crippen molar-refractivity contribution in [2.75, 3.05) is 46.8 Å². The summed E-state index contributed by atoms with van der Waals surface area (Å²) in [6.07, 6.45) is 0.985. The van der Waals surface area contributed by atoms with Crippen LogP contribution >= 0.6 is 11.6 Å². The number of rotatable bonds is 6. The summed E-state index contributed by atoms with van der Waals surface area (Å²) in [7, 11) is 3.94. The summed E-state index contributed by atoms with van der Waals surface area (Å²) in [5, 5.41) is 0.790. The molecular weight excluding hydrogens is 358 g/mol. The lowest BCUT2D eigenvalue weighted by molar-refractivity contribution is -0.138. The normalized spacial score (nSPS) is 16.5. The van der Waals surface area contributed by atoms with Gasteiger partial charge in [-0.25, -0.2) is 0 Å². The number of piperazine rings is 1. The number of halogens is 1. The standard InChI is InChI=1S/C22H28ClN3O/c1-24(2)21(19-8-4-3-5-9-19)22(27)26-15-13-25(14-16-26)12-11-18-7-6-10-20(23)17-18/h3-10,17,21H,11-16H2,1-2H3. The van der Waals surface area contributed by atoms with Crippen LogP contribution < -0.4 is 0 Å². The number of nitrogens with zero attached hydrogens (tertiary/aromatic N) is 3. The first kappa shape index (κ1) is 19.9. The second-order valence-electron chi connectivity index (χ2n) is 7.32. The van der Waals surface area contributed by atoms with E-state index >= 15 is 0 Å². The zero-order valence-electron chi connectivity index (χ0n) is 16.1. The fourth-order valence-corrected chi connectivity index (χ4v) is 3.85.